The number of hydrogen-bond acceptors (Lipinski definition) is 4. The Morgan fingerprint density at radius 1 is 1.38 bits per heavy atom. The average molecular weight is 295 g/mol. The third-order valence-electron chi connectivity index (χ3n) is 4.14. The van der Waals surface area contributed by atoms with Crippen molar-refractivity contribution in [2.24, 2.45) is 11.7 Å². The third kappa shape index (κ3) is 4.84. The van der Waals surface area contributed by atoms with Crippen LogP contribution in [-0.2, 0) is 0 Å². The van der Waals surface area contributed by atoms with Gasteiger partial charge in [0.25, 0.3) is 5.91 Å². The Balaban J connectivity index is 2.62. The summed E-state index contributed by atoms with van der Waals surface area (Å²) in [6, 6.07) is 1.88. The maximum atomic E-state index is 12.3. The second kappa shape index (κ2) is 8.17. The minimum absolute atomic E-state index is 0.107. The molecule has 1 aromatic heterocycles. The first-order valence-electron chi connectivity index (χ1n) is 7.88. The van der Waals surface area contributed by atoms with E-state index in [0.29, 0.717) is 24.1 Å². The third-order valence-corrected chi connectivity index (χ3v) is 4.14. The van der Waals surface area contributed by atoms with E-state index in [1.165, 1.54) is 0 Å². The Kier molecular flexibility index (Phi) is 6.89. The van der Waals surface area contributed by atoms with Crippen molar-refractivity contribution in [1.82, 2.24) is 10.1 Å². The zero-order chi connectivity index (χ0) is 16.0. The molecular formula is C16H29N3O2. The Bertz CT molecular complexity index is 438. The van der Waals surface area contributed by atoms with E-state index in [-0.39, 0.29) is 11.9 Å². The van der Waals surface area contributed by atoms with Gasteiger partial charge in [0, 0.05) is 31.6 Å². The molecule has 2 N–H and O–H groups in total. The quantitative estimate of drug-likeness (QED) is 0.800. The number of aromatic nitrogens is 1. The van der Waals surface area contributed by atoms with Crippen LogP contribution in [0, 0.1) is 5.92 Å². The maximum absolute atomic E-state index is 12.3. The summed E-state index contributed by atoms with van der Waals surface area (Å²) in [4.78, 5) is 13.9. The molecule has 0 fully saturated rings. The Labute approximate surface area is 127 Å². The zero-order valence-electron chi connectivity index (χ0n) is 13.9. The fourth-order valence-corrected chi connectivity index (χ4v) is 2.25. The molecule has 21 heavy (non-hydrogen) atoms. The van der Waals surface area contributed by atoms with Crippen molar-refractivity contribution in [1.29, 1.82) is 0 Å². The zero-order valence-corrected chi connectivity index (χ0v) is 13.9. The Morgan fingerprint density at radius 3 is 2.52 bits per heavy atom. The molecule has 0 aromatic carbocycles. The molecule has 0 bridgehead atoms. The molecule has 5 nitrogen and oxygen atoms in total. The van der Waals surface area contributed by atoms with Gasteiger partial charge in [-0.25, -0.2) is 0 Å². The van der Waals surface area contributed by atoms with Gasteiger partial charge in [-0.1, -0.05) is 32.9 Å². The second-order valence-corrected chi connectivity index (χ2v) is 6.05. The molecule has 0 aliphatic rings. The number of carbonyl (C=O) groups excluding carboxylic acids is 1. The molecule has 1 rings (SSSR count). The Morgan fingerprint density at radius 2 is 2.00 bits per heavy atom. The van der Waals surface area contributed by atoms with Gasteiger partial charge in [0.1, 0.15) is 0 Å². The number of nitrogens with zero attached hydrogens (tertiary/aromatic N) is 2. The van der Waals surface area contributed by atoms with Gasteiger partial charge in [-0.05, 0) is 25.2 Å². The number of hydrogen-bond donors (Lipinski definition) is 1. The van der Waals surface area contributed by atoms with E-state index in [0.717, 1.165) is 25.0 Å². The number of nitrogens with two attached hydrogens (primary N) is 1. The summed E-state index contributed by atoms with van der Waals surface area (Å²) in [5, 5.41) is 4.04. The molecule has 1 aromatic rings. The molecule has 1 atom stereocenters. The molecule has 5 heteroatoms. The first-order chi connectivity index (χ1) is 9.90. The normalized spacial score (nSPS) is 13.0. The van der Waals surface area contributed by atoms with Crippen LogP contribution in [0.2, 0.25) is 0 Å². The monoisotopic (exact) mass is 295 g/mol. The Hall–Kier alpha value is -1.36. The number of carbonyl (C=O) groups is 1. The highest BCUT2D eigenvalue weighted by Crippen LogP contribution is 2.22. The van der Waals surface area contributed by atoms with Crippen molar-refractivity contribution < 1.29 is 9.32 Å². The summed E-state index contributed by atoms with van der Waals surface area (Å²) in [5.74, 6) is 0.961. The van der Waals surface area contributed by atoms with Crippen LogP contribution < -0.4 is 5.73 Å². The largest absolute Gasteiger partial charge is 0.351 e. The van der Waals surface area contributed by atoms with Crippen LogP contribution in [-0.4, -0.2) is 35.6 Å². The average Bonchev–Trinajstić information content (AvgIpc) is 2.94. The lowest BCUT2D eigenvalue weighted by Crippen LogP contribution is -2.34. The maximum Gasteiger partial charge on any atom is 0.292 e. The van der Waals surface area contributed by atoms with E-state index >= 15 is 0 Å². The van der Waals surface area contributed by atoms with Crippen LogP contribution in [0.25, 0.3) is 0 Å². The highest BCUT2D eigenvalue weighted by Gasteiger charge is 2.21. The van der Waals surface area contributed by atoms with Crippen molar-refractivity contribution in [3.05, 3.63) is 17.5 Å². The van der Waals surface area contributed by atoms with Crippen LogP contribution in [0.15, 0.2) is 10.6 Å². The highest BCUT2D eigenvalue weighted by molar-refractivity contribution is 5.91. The van der Waals surface area contributed by atoms with E-state index in [1.54, 1.807) is 18.0 Å². The predicted octanol–water partition coefficient (Wildman–Crippen LogP) is 3.02. The van der Waals surface area contributed by atoms with E-state index in [2.05, 4.69) is 32.9 Å². The molecule has 1 unspecified atom stereocenters. The molecule has 0 radical (unpaired) electrons. The second-order valence-electron chi connectivity index (χ2n) is 6.05. The van der Waals surface area contributed by atoms with Crippen LogP contribution in [0.4, 0.5) is 0 Å². The first kappa shape index (κ1) is 17.7. The first-order valence-corrected chi connectivity index (χ1v) is 7.88. The lowest BCUT2D eigenvalue weighted by molar-refractivity contribution is 0.0747. The summed E-state index contributed by atoms with van der Waals surface area (Å²) in [5.41, 5.74) is 6.88. The molecule has 1 heterocycles. The fraction of sp³-hybridized carbons (Fsp3) is 0.750. The molecule has 0 aliphatic carbocycles. The van der Waals surface area contributed by atoms with Crippen LogP contribution in [0.1, 0.15) is 69.1 Å². The smallest absolute Gasteiger partial charge is 0.292 e. The van der Waals surface area contributed by atoms with Crippen molar-refractivity contribution in [2.75, 3.05) is 13.6 Å². The van der Waals surface area contributed by atoms with Gasteiger partial charge in [0.05, 0.1) is 5.69 Å². The molecule has 120 valence electrons. The predicted molar refractivity (Wildman–Crippen MR) is 84.2 cm³/mol. The van der Waals surface area contributed by atoms with Crippen LogP contribution in [0.3, 0.4) is 0 Å². The van der Waals surface area contributed by atoms with Crippen molar-refractivity contribution >= 4 is 5.91 Å². The lowest BCUT2D eigenvalue weighted by atomic mass is 9.99. The van der Waals surface area contributed by atoms with Crippen LogP contribution in [0.5, 0.6) is 0 Å². The van der Waals surface area contributed by atoms with Gasteiger partial charge in [-0.3, -0.25) is 4.79 Å². The van der Waals surface area contributed by atoms with Crippen molar-refractivity contribution in [3.8, 4) is 0 Å². The summed E-state index contributed by atoms with van der Waals surface area (Å²) >= 11 is 0. The summed E-state index contributed by atoms with van der Waals surface area (Å²) < 4.78 is 5.21. The fourth-order valence-electron chi connectivity index (χ4n) is 2.25. The standard InChI is InChI=1S/C16H29N3O2/c1-6-12(7-2)14-10-15(21-18-14)16(20)19(5)9-8-13(17)11(3)4/h10-13H,6-9,17H2,1-5H3. The van der Waals surface area contributed by atoms with Gasteiger partial charge in [0.2, 0.25) is 5.76 Å². The molecule has 0 saturated carbocycles. The SMILES string of the molecule is CCC(CC)c1cc(C(=O)N(C)CCC(N)C(C)C)on1. The van der Waals surface area contributed by atoms with Gasteiger partial charge in [-0.2, -0.15) is 0 Å². The summed E-state index contributed by atoms with van der Waals surface area (Å²) in [6.07, 6.45) is 2.78. The number of amides is 1. The van der Waals surface area contributed by atoms with Gasteiger partial charge >= 0.3 is 0 Å². The van der Waals surface area contributed by atoms with E-state index in [9.17, 15) is 4.79 Å². The molecule has 0 spiro atoms. The highest BCUT2D eigenvalue weighted by atomic mass is 16.5. The topological polar surface area (TPSA) is 72.4 Å². The lowest BCUT2D eigenvalue weighted by Gasteiger charge is -2.20. The van der Waals surface area contributed by atoms with Crippen molar-refractivity contribution in [2.45, 2.75) is 58.9 Å². The summed E-state index contributed by atoms with van der Waals surface area (Å²) in [7, 11) is 1.77. The molecule has 0 aliphatic heterocycles. The summed E-state index contributed by atoms with van der Waals surface area (Å²) in [6.45, 7) is 9.03. The van der Waals surface area contributed by atoms with Gasteiger partial charge in [0.15, 0.2) is 0 Å². The van der Waals surface area contributed by atoms with Gasteiger partial charge in [-0.15, -0.1) is 0 Å². The van der Waals surface area contributed by atoms with E-state index in [1.807, 2.05) is 0 Å². The minimum Gasteiger partial charge on any atom is -0.351 e. The number of rotatable bonds is 8. The van der Waals surface area contributed by atoms with Gasteiger partial charge < -0.3 is 15.2 Å². The van der Waals surface area contributed by atoms with E-state index < -0.39 is 0 Å². The molecule has 1 amide bonds. The minimum atomic E-state index is -0.129. The van der Waals surface area contributed by atoms with Crippen LogP contribution >= 0.6 is 0 Å². The van der Waals surface area contributed by atoms with E-state index in [4.69, 9.17) is 10.3 Å². The van der Waals surface area contributed by atoms with Crippen molar-refractivity contribution in [3.63, 3.8) is 0 Å². The molecule has 0 saturated heterocycles. The molecular weight excluding hydrogens is 266 g/mol.